The molecule has 0 aliphatic rings. The molecule has 7 heteroatoms. The second-order valence-corrected chi connectivity index (χ2v) is 4.17. The van der Waals surface area contributed by atoms with Crippen molar-refractivity contribution in [2.75, 3.05) is 6.61 Å². The van der Waals surface area contributed by atoms with Gasteiger partial charge < -0.3 is 10.4 Å². The number of aromatic nitrogens is 3. The van der Waals surface area contributed by atoms with E-state index in [1.54, 1.807) is 7.05 Å². The van der Waals surface area contributed by atoms with Crippen molar-refractivity contribution in [3.05, 3.63) is 47.3 Å². The molecular formula is C14H13FN4O2. The van der Waals surface area contributed by atoms with Crippen LogP contribution in [0.25, 0.3) is 0 Å². The first-order valence-electron chi connectivity index (χ1n) is 6.12. The Labute approximate surface area is 120 Å². The fraction of sp³-hybridized carbons (Fsp3) is 0.214. The Morgan fingerprint density at radius 2 is 2.33 bits per heavy atom. The molecule has 0 saturated heterocycles. The number of benzene rings is 1. The molecule has 0 radical (unpaired) electrons. The largest absolute Gasteiger partial charge is 0.384 e. The minimum Gasteiger partial charge on any atom is -0.384 e. The monoisotopic (exact) mass is 288 g/mol. The Kier molecular flexibility index (Phi) is 4.64. The Bertz CT molecular complexity index is 715. The second-order valence-electron chi connectivity index (χ2n) is 4.17. The van der Waals surface area contributed by atoms with Crippen molar-refractivity contribution in [3.8, 4) is 11.8 Å². The molecule has 0 fully saturated rings. The molecule has 21 heavy (non-hydrogen) atoms. The van der Waals surface area contributed by atoms with Crippen LogP contribution in [0, 0.1) is 17.7 Å². The molecule has 1 aromatic carbocycles. The Morgan fingerprint density at radius 1 is 1.52 bits per heavy atom. The predicted octanol–water partition coefficient (Wildman–Crippen LogP) is 0.228. The maximum Gasteiger partial charge on any atom is 0.251 e. The van der Waals surface area contributed by atoms with Crippen molar-refractivity contribution < 1.29 is 14.3 Å². The van der Waals surface area contributed by atoms with Gasteiger partial charge in [0.15, 0.2) is 5.82 Å². The maximum atomic E-state index is 13.7. The fourth-order valence-corrected chi connectivity index (χ4v) is 1.62. The van der Waals surface area contributed by atoms with Gasteiger partial charge in [0.2, 0.25) is 0 Å². The quantitative estimate of drug-likeness (QED) is 0.792. The predicted molar refractivity (Wildman–Crippen MR) is 72.5 cm³/mol. The van der Waals surface area contributed by atoms with E-state index in [1.165, 1.54) is 23.1 Å². The molecule has 0 aliphatic carbocycles. The van der Waals surface area contributed by atoms with Crippen LogP contribution >= 0.6 is 0 Å². The summed E-state index contributed by atoms with van der Waals surface area (Å²) in [6.07, 6.45) is 1.52. The highest BCUT2D eigenvalue weighted by Gasteiger charge is 2.09. The number of aryl methyl sites for hydroxylation is 1. The average Bonchev–Trinajstić information content (AvgIpc) is 2.89. The van der Waals surface area contributed by atoms with Gasteiger partial charge in [0.1, 0.15) is 18.8 Å². The number of hydrogen-bond acceptors (Lipinski definition) is 4. The van der Waals surface area contributed by atoms with Crippen LogP contribution in [-0.2, 0) is 13.6 Å². The molecule has 0 atom stereocenters. The van der Waals surface area contributed by atoms with Gasteiger partial charge in [-0.3, -0.25) is 9.48 Å². The van der Waals surface area contributed by atoms with E-state index >= 15 is 0 Å². The van der Waals surface area contributed by atoms with Crippen LogP contribution < -0.4 is 5.32 Å². The highest BCUT2D eigenvalue weighted by atomic mass is 19.1. The van der Waals surface area contributed by atoms with Gasteiger partial charge in [-0.15, -0.1) is 0 Å². The smallest absolute Gasteiger partial charge is 0.251 e. The van der Waals surface area contributed by atoms with Gasteiger partial charge >= 0.3 is 0 Å². The van der Waals surface area contributed by atoms with Crippen molar-refractivity contribution in [3.63, 3.8) is 0 Å². The first-order chi connectivity index (χ1) is 10.1. The van der Waals surface area contributed by atoms with E-state index in [9.17, 15) is 9.18 Å². The van der Waals surface area contributed by atoms with E-state index in [2.05, 4.69) is 27.2 Å². The van der Waals surface area contributed by atoms with Crippen molar-refractivity contribution in [2.24, 2.45) is 7.05 Å². The van der Waals surface area contributed by atoms with Crippen LogP contribution in [0.5, 0.6) is 0 Å². The van der Waals surface area contributed by atoms with Gasteiger partial charge in [-0.25, -0.2) is 9.37 Å². The van der Waals surface area contributed by atoms with E-state index in [1.807, 2.05) is 0 Å². The van der Waals surface area contributed by atoms with Crippen LogP contribution in [0.1, 0.15) is 21.7 Å². The summed E-state index contributed by atoms with van der Waals surface area (Å²) in [6, 6.07) is 3.96. The molecular weight excluding hydrogens is 275 g/mol. The first kappa shape index (κ1) is 14.7. The van der Waals surface area contributed by atoms with Crippen molar-refractivity contribution in [2.45, 2.75) is 6.54 Å². The van der Waals surface area contributed by atoms with Gasteiger partial charge in [-0.2, -0.15) is 5.10 Å². The van der Waals surface area contributed by atoms with Gasteiger partial charge in [0, 0.05) is 12.6 Å². The number of aliphatic hydroxyl groups is 1. The summed E-state index contributed by atoms with van der Waals surface area (Å²) in [5.74, 6) is 4.24. The van der Waals surface area contributed by atoms with Crippen LogP contribution in [0.15, 0.2) is 24.5 Å². The van der Waals surface area contributed by atoms with E-state index < -0.39 is 11.7 Å². The summed E-state index contributed by atoms with van der Waals surface area (Å²) in [5, 5.41) is 15.2. The molecule has 0 spiro atoms. The number of rotatable bonds is 3. The van der Waals surface area contributed by atoms with E-state index in [4.69, 9.17) is 5.11 Å². The zero-order valence-electron chi connectivity index (χ0n) is 11.3. The van der Waals surface area contributed by atoms with E-state index in [0.29, 0.717) is 5.82 Å². The molecule has 1 amide bonds. The lowest BCUT2D eigenvalue weighted by Gasteiger charge is -2.04. The molecule has 2 aromatic rings. The zero-order chi connectivity index (χ0) is 15.2. The van der Waals surface area contributed by atoms with Crippen LogP contribution in [0.2, 0.25) is 0 Å². The maximum absolute atomic E-state index is 13.7. The second kappa shape index (κ2) is 6.63. The first-order valence-corrected chi connectivity index (χ1v) is 6.12. The summed E-state index contributed by atoms with van der Waals surface area (Å²) in [6.45, 7) is -0.188. The summed E-state index contributed by atoms with van der Waals surface area (Å²) < 4.78 is 15.2. The minimum atomic E-state index is -0.612. The fourth-order valence-electron chi connectivity index (χ4n) is 1.62. The number of amides is 1. The number of hydrogen-bond donors (Lipinski definition) is 2. The Hall–Kier alpha value is -2.72. The highest BCUT2D eigenvalue weighted by molar-refractivity contribution is 5.94. The standard InChI is InChI=1S/C14H13FN4O2/c1-19-9-17-13(18-19)8-16-14(21)11-5-4-10(3-2-6-20)12(15)7-11/h4-5,7,9,20H,6,8H2,1H3,(H,16,21). The molecule has 108 valence electrons. The van der Waals surface area contributed by atoms with Crippen molar-refractivity contribution >= 4 is 5.91 Å². The molecule has 0 unspecified atom stereocenters. The molecule has 0 aliphatic heterocycles. The number of aliphatic hydroxyl groups excluding tert-OH is 1. The number of nitrogens with zero attached hydrogens (tertiary/aromatic N) is 3. The van der Waals surface area contributed by atoms with E-state index in [-0.39, 0.29) is 24.3 Å². The lowest BCUT2D eigenvalue weighted by atomic mass is 10.1. The van der Waals surface area contributed by atoms with Crippen LogP contribution in [-0.4, -0.2) is 32.4 Å². The van der Waals surface area contributed by atoms with Crippen LogP contribution in [0.3, 0.4) is 0 Å². The SMILES string of the molecule is Cn1cnc(CNC(=O)c2ccc(C#CCO)c(F)c2)n1. The molecule has 2 rings (SSSR count). The number of carbonyl (C=O) groups is 1. The molecule has 6 nitrogen and oxygen atoms in total. The Balaban J connectivity index is 2.04. The lowest BCUT2D eigenvalue weighted by Crippen LogP contribution is -2.23. The van der Waals surface area contributed by atoms with E-state index in [0.717, 1.165) is 6.07 Å². The molecule has 0 saturated carbocycles. The third-order valence-corrected chi connectivity index (χ3v) is 2.59. The molecule has 1 aromatic heterocycles. The van der Waals surface area contributed by atoms with Gasteiger partial charge in [-0.1, -0.05) is 11.8 Å². The Morgan fingerprint density at radius 3 is 2.95 bits per heavy atom. The van der Waals surface area contributed by atoms with Crippen molar-refractivity contribution in [1.29, 1.82) is 0 Å². The number of nitrogens with one attached hydrogen (secondary N) is 1. The van der Waals surface area contributed by atoms with Gasteiger partial charge in [0.05, 0.1) is 12.1 Å². The third-order valence-electron chi connectivity index (χ3n) is 2.59. The highest BCUT2D eigenvalue weighted by Crippen LogP contribution is 2.09. The summed E-state index contributed by atoms with van der Waals surface area (Å²) in [5.41, 5.74) is 0.310. The third kappa shape index (κ3) is 3.87. The lowest BCUT2D eigenvalue weighted by molar-refractivity contribution is 0.0949. The molecule has 0 bridgehead atoms. The van der Waals surface area contributed by atoms with Gasteiger partial charge in [0.25, 0.3) is 5.91 Å². The summed E-state index contributed by atoms with van der Waals surface area (Å²) in [7, 11) is 1.72. The molecule has 1 heterocycles. The number of halogens is 1. The van der Waals surface area contributed by atoms with Crippen LogP contribution in [0.4, 0.5) is 4.39 Å². The average molecular weight is 288 g/mol. The summed E-state index contributed by atoms with van der Waals surface area (Å²) in [4.78, 5) is 15.9. The molecule has 2 N–H and O–H groups in total. The topological polar surface area (TPSA) is 80.0 Å². The van der Waals surface area contributed by atoms with Crippen molar-refractivity contribution in [1.82, 2.24) is 20.1 Å². The zero-order valence-corrected chi connectivity index (χ0v) is 11.3. The summed E-state index contributed by atoms with van der Waals surface area (Å²) >= 11 is 0. The number of carbonyl (C=O) groups excluding carboxylic acids is 1. The van der Waals surface area contributed by atoms with Gasteiger partial charge in [-0.05, 0) is 18.2 Å². The normalized spacial score (nSPS) is 9.86. The minimum absolute atomic E-state index is 0.131.